The zero-order valence-electron chi connectivity index (χ0n) is 14.3. The van der Waals surface area contributed by atoms with E-state index in [0.717, 1.165) is 16.8 Å². The summed E-state index contributed by atoms with van der Waals surface area (Å²) in [5.41, 5.74) is 3.35. The van der Waals surface area contributed by atoms with E-state index in [1.807, 2.05) is 37.3 Å². The molecule has 136 valence electrons. The minimum atomic E-state index is -0.989. The van der Waals surface area contributed by atoms with Crippen LogP contribution in [0.3, 0.4) is 0 Å². The first-order chi connectivity index (χ1) is 12.4. The Morgan fingerprint density at radius 1 is 1.35 bits per heavy atom. The highest BCUT2D eigenvalue weighted by Gasteiger charge is 2.32. The minimum absolute atomic E-state index is 0.239. The molecule has 0 radical (unpaired) electrons. The van der Waals surface area contributed by atoms with Crippen molar-refractivity contribution in [2.45, 2.75) is 25.6 Å². The van der Waals surface area contributed by atoms with Gasteiger partial charge < -0.3 is 19.9 Å². The van der Waals surface area contributed by atoms with Gasteiger partial charge in [0.05, 0.1) is 18.6 Å². The highest BCUT2D eigenvalue weighted by Crippen LogP contribution is 2.41. The molecule has 0 saturated heterocycles. The number of carboxylic acid groups (broad SMARTS) is 1. The second-order valence-corrected chi connectivity index (χ2v) is 6.86. The van der Waals surface area contributed by atoms with Crippen molar-refractivity contribution in [2.75, 3.05) is 12.4 Å². The van der Waals surface area contributed by atoms with E-state index in [4.69, 9.17) is 33.3 Å². The number of nitrogens with one attached hydrogen (secondary N) is 1. The van der Waals surface area contributed by atoms with Gasteiger partial charge in [-0.1, -0.05) is 53.6 Å². The molecule has 5 nitrogen and oxygen atoms in total. The van der Waals surface area contributed by atoms with Gasteiger partial charge in [-0.05, 0) is 19.1 Å². The van der Waals surface area contributed by atoms with Crippen LogP contribution in [0.2, 0.25) is 5.02 Å². The molecular formula is C19H18ClNO4S. The molecule has 0 unspecified atom stereocenters. The average molecular weight is 392 g/mol. The maximum absolute atomic E-state index is 11.2. The summed E-state index contributed by atoms with van der Waals surface area (Å²) in [6.45, 7) is 1.97. The fraction of sp³-hybridized carbons (Fsp3) is 0.263. The number of carboxylic acids is 1. The summed E-state index contributed by atoms with van der Waals surface area (Å²) < 4.78 is 11.5. The molecule has 2 atom stereocenters. The molecule has 1 heterocycles. The molecule has 3 rings (SSSR count). The standard InChI is InChI=1S/C19H18ClNO4S/c1-10-6-7-13-12(8-10)18(11-4-3-5-14(24-2)17(11)20)25-15(9-16(22)23)19(26)21-13/h3-8,15,18H,9H2,1-2H3,(H,21,26)(H,22,23)/t15-,18-/m1/s1. The number of aliphatic carboxylic acids is 1. The van der Waals surface area contributed by atoms with Gasteiger partial charge in [0.25, 0.3) is 0 Å². The van der Waals surface area contributed by atoms with Gasteiger partial charge >= 0.3 is 5.97 Å². The molecular weight excluding hydrogens is 374 g/mol. The SMILES string of the molecule is COc1cccc([C@H]2O[C@H](CC(=O)O)C(=S)Nc3ccc(C)cc32)c1Cl. The maximum atomic E-state index is 11.2. The quantitative estimate of drug-likeness (QED) is 0.755. The van der Waals surface area contributed by atoms with Crippen molar-refractivity contribution in [1.82, 2.24) is 0 Å². The minimum Gasteiger partial charge on any atom is -0.495 e. The van der Waals surface area contributed by atoms with Gasteiger partial charge in [0.15, 0.2) is 0 Å². The molecule has 1 aliphatic heterocycles. The Balaban J connectivity index is 2.15. The lowest BCUT2D eigenvalue weighted by Gasteiger charge is -2.23. The topological polar surface area (TPSA) is 67.8 Å². The predicted octanol–water partition coefficient (Wildman–Crippen LogP) is 4.36. The van der Waals surface area contributed by atoms with E-state index in [0.29, 0.717) is 21.3 Å². The molecule has 2 aromatic rings. The van der Waals surface area contributed by atoms with Gasteiger partial charge in [-0.2, -0.15) is 0 Å². The molecule has 1 aliphatic rings. The monoisotopic (exact) mass is 391 g/mol. The van der Waals surface area contributed by atoms with Gasteiger partial charge in [0.1, 0.15) is 22.9 Å². The van der Waals surface area contributed by atoms with Gasteiger partial charge in [-0.25, -0.2) is 0 Å². The van der Waals surface area contributed by atoms with Crippen LogP contribution >= 0.6 is 23.8 Å². The van der Waals surface area contributed by atoms with Crippen molar-refractivity contribution in [3.05, 3.63) is 58.1 Å². The summed E-state index contributed by atoms with van der Waals surface area (Å²) in [6.07, 6.45) is -1.59. The van der Waals surface area contributed by atoms with Crippen LogP contribution in [0.25, 0.3) is 0 Å². The van der Waals surface area contributed by atoms with Gasteiger partial charge in [-0.15, -0.1) is 0 Å². The van der Waals surface area contributed by atoms with E-state index in [1.54, 1.807) is 13.2 Å². The second kappa shape index (κ2) is 7.61. The average Bonchev–Trinajstić information content (AvgIpc) is 2.72. The van der Waals surface area contributed by atoms with Crippen LogP contribution in [0.15, 0.2) is 36.4 Å². The van der Waals surface area contributed by atoms with Crippen LogP contribution in [0.4, 0.5) is 5.69 Å². The summed E-state index contributed by atoms with van der Waals surface area (Å²) in [6, 6.07) is 11.3. The number of ether oxygens (including phenoxy) is 2. The van der Waals surface area contributed by atoms with Crippen LogP contribution in [0.5, 0.6) is 5.75 Å². The number of methoxy groups -OCH3 is 1. The first-order valence-corrected chi connectivity index (χ1v) is 8.80. The fourth-order valence-electron chi connectivity index (χ4n) is 2.95. The Labute approximate surface area is 161 Å². The zero-order chi connectivity index (χ0) is 18.8. The molecule has 0 aromatic heterocycles. The van der Waals surface area contributed by atoms with Crippen LogP contribution in [0.1, 0.15) is 29.2 Å². The van der Waals surface area contributed by atoms with Crippen LogP contribution in [-0.2, 0) is 9.53 Å². The number of carbonyl (C=O) groups is 1. The van der Waals surface area contributed by atoms with Gasteiger partial charge in [0.2, 0.25) is 0 Å². The van der Waals surface area contributed by atoms with Crippen molar-refractivity contribution < 1.29 is 19.4 Å². The van der Waals surface area contributed by atoms with Crippen molar-refractivity contribution in [2.24, 2.45) is 0 Å². The molecule has 2 aromatic carbocycles. The third-order valence-corrected chi connectivity index (χ3v) is 4.97. The van der Waals surface area contributed by atoms with E-state index in [9.17, 15) is 9.90 Å². The van der Waals surface area contributed by atoms with E-state index < -0.39 is 18.2 Å². The maximum Gasteiger partial charge on any atom is 0.306 e. The highest BCUT2D eigenvalue weighted by molar-refractivity contribution is 7.80. The molecule has 0 bridgehead atoms. The number of hydrogen-bond donors (Lipinski definition) is 2. The normalized spacial score (nSPS) is 19.3. The lowest BCUT2D eigenvalue weighted by molar-refractivity contribution is -0.139. The summed E-state index contributed by atoms with van der Waals surface area (Å²) in [5, 5.41) is 12.8. The molecule has 0 aliphatic carbocycles. The molecule has 0 spiro atoms. The van der Waals surface area contributed by atoms with Gasteiger partial charge in [0, 0.05) is 16.8 Å². The fourth-order valence-corrected chi connectivity index (χ4v) is 3.50. The van der Waals surface area contributed by atoms with Crippen molar-refractivity contribution in [3.8, 4) is 5.75 Å². The number of fused-ring (bicyclic) bond motifs is 1. The zero-order valence-corrected chi connectivity index (χ0v) is 15.9. The Hall–Kier alpha value is -2.15. The van der Waals surface area contributed by atoms with Crippen molar-refractivity contribution in [1.29, 1.82) is 0 Å². The Bertz CT molecular complexity index is 871. The molecule has 26 heavy (non-hydrogen) atoms. The number of thiocarbonyl (C=S) groups is 1. The summed E-state index contributed by atoms with van der Waals surface area (Å²) in [7, 11) is 1.54. The number of anilines is 1. The van der Waals surface area contributed by atoms with Gasteiger partial charge in [-0.3, -0.25) is 4.79 Å². The van der Waals surface area contributed by atoms with E-state index in [1.165, 1.54) is 0 Å². The summed E-state index contributed by atoms with van der Waals surface area (Å²) >= 11 is 11.9. The molecule has 2 N–H and O–H groups in total. The Morgan fingerprint density at radius 3 is 2.81 bits per heavy atom. The van der Waals surface area contributed by atoms with E-state index in [2.05, 4.69) is 5.32 Å². The van der Waals surface area contributed by atoms with Crippen LogP contribution in [-0.4, -0.2) is 29.3 Å². The molecule has 0 saturated carbocycles. The summed E-state index contributed by atoms with van der Waals surface area (Å²) in [5.74, 6) is -0.465. The lowest BCUT2D eigenvalue weighted by atomic mass is 9.97. The van der Waals surface area contributed by atoms with Crippen molar-refractivity contribution >= 4 is 40.5 Å². The molecule has 0 fully saturated rings. The third kappa shape index (κ3) is 3.67. The lowest BCUT2D eigenvalue weighted by Crippen LogP contribution is -2.30. The Morgan fingerprint density at radius 2 is 2.12 bits per heavy atom. The molecule has 0 amide bonds. The molecule has 7 heteroatoms. The van der Waals surface area contributed by atoms with Crippen molar-refractivity contribution in [3.63, 3.8) is 0 Å². The van der Waals surface area contributed by atoms with Crippen LogP contribution < -0.4 is 10.1 Å². The predicted molar refractivity (Wildman–Crippen MR) is 104 cm³/mol. The largest absolute Gasteiger partial charge is 0.495 e. The first-order valence-electron chi connectivity index (χ1n) is 8.01. The third-order valence-electron chi connectivity index (χ3n) is 4.20. The number of benzene rings is 2. The van der Waals surface area contributed by atoms with E-state index >= 15 is 0 Å². The van der Waals surface area contributed by atoms with E-state index in [-0.39, 0.29) is 6.42 Å². The second-order valence-electron chi connectivity index (χ2n) is 6.05. The summed E-state index contributed by atoms with van der Waals surface area (Å²) in [4.78, 5) is 11.6. The number of halogens is 1. The Kier molecular flexibility index (Phi) is 5.46. The smallest absolute Gasteiger partial charge is 0.306 e. The highest BCUT2D eigenvalue weighted by atomic mass is 35.5. The van der Waals surface area contributed by atoms with Crippen LogP contribution in [0, 0.1) is 6.92 Å². The first kappa shape index (κ1) is 18.6. The number of aryl methyl sites for hydroxylation is 1. The number of rotatable bonds is 4. The number of hydrogen-bond acceptors (Lipinski definition) is 4.